The highest BCUT2D eigenvalue weighted by molar-refractivity contribution is 5.78. The summed E-state index contributed by atoms with van der Waals surface area (Å²) in [6.07, 6.45) is 0.348. The highest BCUT2D eigenvalue weighted by Crippen LogP contribution is 2.35. The number of amides is 1. The number of benzene rings is 2. The van der Waals surface area contributed by atoms with Crippen molar-refractivity contribution >= 4 is 5.91 Å². The van der Waals surface area contributed by atoms with Crippen molar-refractivity contribution in [3.8, 4) is 5.75 Å². The number of aromatic hydroxyl groups is 1. The van der Waals surface area contributed by atoms with E-state index in [4.69, 9.17) is 4.74 Å². The number of aryl methyl sites for hydroxylation is 1. The van der Waals surface area contributed by atoms with Gasteiger partial charge in [-0.25, -0.2) is 0 Å². The Morgan fingerprint density at radius 1 is 1.17 bits per heavy atom. The molecule has 4 nitrogen and oxygen atoms in total. The van der Waals surface area contributed by atoms with Gasteiger partial charge in [0.2, 0.25) is 5.91 Å². The number of ether oxygens (including phenoxy) is 1. The Hall–Kier alpha value is -2.33. The Bertz CT molecular complexity index is 693. The number of carbonyl (C=O) groups excluding carboxylic acids is 1. The summed E-state index contributed by atoms with van der Waals surface area (Å²) in [6.45, 7) is 4.46. The van der Waals surface area contributed by atoms with Gasteiger partial charge in [-0.2, -0.15) is 0 Å². The summed E-state index contributed by atoms with van der Waals surface area (Å²) in [4.78, 5) is 14.6. The second-order valence-electron chi connectivity index (χ2n) is 6.22. The minimum absolute atomic E-state index is 0.105. The molecule has 1 amide bonds. The van der Waals surface area contributed by atoms with Gasteiger partial charge >= 0.3 is 0 Å². The molecule has 2 aromatic carbocycles. The van der Waals surface area contributed by atoms with E-state index >= 15 is 0 Å². The fourth-order valence-corrected chi connectivity index (χ4v) is 3.16. The molecule has 0 unspecified atom stereocenters. The summed E-state index contributed by atoms with van der Waals surface area (Å²) < 4.78 is 5.33. The van der Waals surface area contributed by atoms with Gasteiger partial charge in [0.15, 0.2) is 0 Å². The molecule has 24 heavy (non-hydrogen) atoms. The van der Waals surface area contributed by atoms with E-state index in [1.54, 1.807) is 6.07 Å². The first kappa shape index (κ1) is 16.5. The molecule has 4 heteroatoms. The van der Waals surface area contributed by atoms with Gasteiger partial charge in [0.25, 0.3) is 0 Å². The lowest BCUT2D eigenvalue weighted by atomic mass is 9.86. The molecule has 1 saturated heterocycles. The van der Waals surface area contributed by atoms with Crippen LogP contribution in [0.1, 0.15) is 29.0 Å². The van der Waals surface area contributed by atoms with Gasteiger partial charge in [-0.1, -0.05) is 48.0 Å². The zero-order valence-electron chi connectivity index (χ0n) is 13.9. The fraction of sp³-hybridized carbons (Fsp3) is 0.350. The molecule has 0 radical (unpaired) electrons. The third kappa shape index (κ3) is 3.77. The lowest BCUT2D eigenvalue weighted by molar-refractivity contribution is -0.135. The van der Waals surface area contributed by atoms with Crippen molar-refractivity contribution < 1.29 is 14.6 Å². The van der Waals surface area contributed by atoms with Crippen LogP contribution >= 0.6 is 0 Å². The number of phenols is 1. The van der Waals surface area contributed by atoms with Crippen molar-refractivity contribution in [2.24, 2.45) is 0 Å². The molecule has 1 aliphatic heterocycles. The van der Waals surface area contributed by atoms with Crippen molar-refractivity contribution in [1.29, 1.82) is 0 Å². The second kappa shape index (κ2) is 7.49. The predicted molar refractivity (Wildman–Crippen MR) is 93.1 cm³/mol. The Labute approximate surface area is 142 Å². The normalized spacial score (nSPS) is 16.0. The van der Waals surface area contributed by atoms with Crippen molar-refractivity contribution in [2.75, 3.05) is 26.3 Å². The first-order valence-corrected chi connectivity index (χ1v) is 8.35. The molecule has 0 spiro atoms. The third-order valence-corrected chi connectivity index (χ3v) is 4.50. The van der Waals surface area contributed by atoms with E-state index in [1.165, 1.54) is 0 Å². The second-order valence-corrected chi connectivity index (χ2v) is 6.22. The maximum absolute atomic E-state index is 12.7. The number of rotatable bonds is 4. The third-order valence-electron chi connectivity index (χ3n) is 4.50. The summed E-state index contributed by atoms with van der Waals surface area (Å²) in [6, 6.07) is 15.5. The van der Waals surface area contributed by atoms with Crippen LogP contribution in [0, 0.1) is 6.92 Å². The average molecular weight is 325 g/mol. The van der Waals surface area contributed by atoms with Crippen LogP contribution in [0.2, 0.25) is 0 Å². The van der Waals surface area contributed by atoms with E-state index in [9.17, 15) is 9.90 Å². The topological polar surface area (TPSA) is 49.8 Å². The van der Waals surface area contributed by atoms with Gasteiger partial charge in [-0.3, -0.25) is 4.79 Å². The number of carbonyl (C=O) groups is 1. The van der Waals surface area contributed by atoms with Crippen LogP contribution in [0.3, 0.4) is 0 Å². The van der Waals surface area contributed by atoms with E-state index in [2.05, 4.69) is 0 Å². The SMILES string of the molecule is Cc1ccc(O)c([C@@H](CC(=O)N2CCOCC2)c2ccccc2)c1. The van der Waals surface area contributed by atoms with Crippen molar-refractivity contribution in [3.63, 3.8) is 0 Å². The standard InChI is InChI=1S/C20H23NO3/c1-15-7-8-19(22)18(13-15)17(16-5-3-2-4-6-16)14-20(23)21-9-11-24-12-10-21/h2-8,13,17,22H,9-12,14H2,1H3/t17-/m0/s1. The van der Waals surface area contributed by atoms with Crippen molar-refractivity contribution in [1.82, 2.24) is 4.90 Å². The first-order valence-electron chi connectivity index (χ1n) is 8.35. The molecule has 1 heterocycles. The van der Waals surface area contributed by atoms with E-state index in [0.717, 1.165) is 16.7 Å². The van der Waals surface area contributed by atoms with Crippen LogP contribution in [0.4, 0.5) is 0 Å². The zero-order valence-corrected chi connectivity index (χ0v) is 13.9. The van der Waals surface area contributed by atoms with E-state index in [0.29, 0.717) is 32.7 Å². The van der Waals surface area contributed by atoms with E-state index in [-0.39, 0.29) is 17.6 Å². The van der Waals surface area contributed by atoms with Crippen LogP contribution in [0.5, 0.6) is 5.75 Å². The largest absolute Gasteiger partial charge is 0.508 e. The van der Waals surface area contributed by atoms with Crippen LogP contribution in [-0.2, 0) is 9.53 Å². The molecule has 126 valence electrons. The molecular weight excluding hydrogens is 302 g/mol. The summed E-state index contributed by atoms with van der Waals surface area (Å²) in [5.41, 5.74) is 2.92. The first-order chi connectivity index (χ1) is 11.6. The molecular formula is C20H23NO3. The quantitative estimate of drug-likeness (QED) is 0.940. The molecule has 1 atom stereocenters. The number of morpholine rings is 1. The number of phenolic OH excluding ortho intramolecular Hbond substituents is 1. The van der Waals surface area contributed by atoms with Gasteiger partial charge in [-0.15, -0.1) is 0 Å². The molecule has 1 aliphatic rings. The molecule has 0 aromatic heterocycles. The predicted octanol–water partition coefficient (Wildman–Crippen LogP) is 3.08. The Morgan fingerprint density at radius 3 is 2.58 bits per heavy atom. The summed E-state index contributed by atoms with van der Waals surface area (Å²) in [7, 11) is 0. The number of hydrogen-bond acceptors (Lipinski definition) is 3. The van der Waals surface area contributed by atoms with Gasteiger partial charge in [0.1, 0.15) is 5.75 Å². The smallest absolute Gasteiger partial charge is 0.223 e. The molecule has 3 rings (SSSR count). The number of nitrogens with zero attached hydrogens (tertiary/aromatic N) is 1. The maximum atomic E-state index is 12.7. The highest BCUT2D eigenvalue weighted by atomic mass is 16.5. The van der Waals surface area contributed by atoms with Crippen molar-refractivity contribution in [2.45, 2.75) is 19.3 Å². The summed E-state index contributed by atoms with van der Waals surface area (Å²) in [5, 5.41) is 10.3. The molecule has 1 fully saturated rings. The van der Waals surface area contributed by atoms with Gasteiger partial charge in [-0.05, 0) is 18.6 Å². The summed E-state index contributed by atoms with van der Waals surface area (Å²) >= 11 is 0. The lowest BCUT2D eigenvalue weighted by Crippen LogP contribution is -2.41. The minimum Gasteiger partial charge on any atom is -0.508 e. The van der Waals surface area contributed by atoms with Gasteiger partial charge in [0, 0.05) is 31.0 Å². The fourth-order valence-electron chi connectivity index (χ4n) is 3.16. The van der Waals surface area contributed by atoms with E-state index in [1.807, 2.05) is 54.3 Å². The average Bonchev–Trinajstić information content (AvgIpc) is 2.63. The monoisotopic (exact) mass is 325 g/mol. The van der Waals surface area contributed by atoms with Crippen LogP contribution < -0.4 is 0 Å². The van der Waals surface area contributed by atoms with E-state index < -0.39 is 0 Å². The highest BCUT2D eigenvalue weighted by Gasteiger charge is 2.25. The zero-order chi connectivity index (χ0) is 16.9. The maximum Gasteiger partial charge on any atom is 0.223 e. The molecule has 0 aliphatic carbocycles. The van der Waals surface area contributed by atoms with Crippen LogP contribution in [-0.4, -0.2) is 42.2 Å². The Morgan fingerprint density at radius 2 is 1.88 bits per heavy atom. The van der Waals surface area contributed by atoms with Crippen LogP contribution in [0.25, 0.3) is 0 Å². The minimum atomic E-state index is -0.151. The molecule has 1 N–H and O–H groups in total. The molecule has 2 aromatic rings. The Kier molecular flexibility index (Phi) is 5.16. The lowest BCUT2D eigenvalue weighted by Gasteiger charge is -2.29. The van der Waals surface area contributed by atoms with Gasteiger partial charge < -0.3 is 14.7 Å². The molecule has 0 bridgehead atoms. The van der Waals surface area contributed by atoms with Crippen LogP contribution in [0.15, 0.2) is 48.5 Å². The summed E-state index contributed by atoms with van der Waals surface area (Å²) in [5.74, 6) is 0.193. The number of hydrogen-bond donors (Lipinski definition) is 1. The van der Waals surface area contributed by atoms with Gasteiger partial charge in [0.05, 0.1) is 13.2 Å². The van der Waals surface area contributed by atoms with Crippen molar-refractivity contribution in [3.05, 3.63) is 65.2 Å². The Balaban J connectivity index is 1.90. The molecule has 0 saturated carbocycles.